The maximum absolute atomic E-state index is 14.0. The third kappa shape index (κ3) is 41.4. The van der Waals surface area contributed by atoms with Crippen LogP contribution in [0.25, 0.3) is 0 Å². The van der Waals surface area contributed by atoms with E-state index in [4.69, 9.17) is 56.8 Å². The van der Waals surface area contributed by atoms with Crippen molar-refractivity contribution in [3.05, 3.63) is 35.9 Å². The molecule has 5 amide bonds. The molecule has 1 aromatic carbocycles. The molecule has 29 nitrogen and oxygen atoms in total. The van der Waals surface area contributed by atoms with Gasteiger partial charge in [-0.2, -0.15) is 0 Å². The summed E-state index contributed by atoms with van der Waals surface area (Å²) in [6.07, 6.45) is 8.05. The second-order valence-electron chi connectivity index (χ2n) is 31.5. The molecule has 648 valence electrons. The number of aryl methyl sites for hydroxylation is 1. The van der Waals surface area contributed by atoms with Gasteiger partial charge in [0.05, 0.1) is 70.0 Å². The first kappa shape index (κ1) is 99.7. The van der Waals surface area contributed by atoms with Crippen LogP contribution in [-0.2, 0) is 121 Å². The van der Waals surface area contributed by atoms with E-state index in [9.17, 15) is 57.5 Å². The van der Waals surface area contributed by atoms with E-state index in [1.807, 2.05) is 58.0 Å². The van der Waals surface area contributed by atoms with Crippen LogP contribution in [0, 0.1) is 41.4 Å². The van der Waals surface area contributed by atoms with Crippen molar-refractivity contribution in [2.45, 2.75) is 298 Å². The number of rotatable bonds is 61. The summed E-state index contributed by atoms with van der Waals surface area (Å²) in [5.74, 6) is -1.64. The van der Waals surface area contributed by atoms with E-state index in [0.717, 1.165) is 5.56 Å². The van der Waals surface area contributed by atoms with Crippen LogP contribution >= 0.6 is 0 Å². The molecule has 29 heteroatoms. The van der Waals surface area contributed by atoms with E-state index < -0.39 is 60.6 Å². The van der Waals surface area contributed by atoms with Crippen LogP contribution in [0.1, 0.15) is 243 Å². The molecule has 114 heavy (non-hydrogen) atoms. The normalized spacial score (nSPS) is 23.9. The maximum Gasteiger partial charge on any atom is 0.302 e. The molecule has 0 spiro atoms. The first-order chi connectivity index (χ1) is 54.5. The van der Waals surface area contributed by atoms with E-state index in [2.05, 4.69) is 47.4 Å². The molecule has 0 bridgehead atoms. The number of carbonyl (C=O) groups excluding carboxylic acids is 12. The highest BCUT2D eigenvalue weighted by atomic mass is 16.7. The number of carbonyl (C=O) groups is 12. The summed E-state index contributed by atoms with van der Waals surface area (Å²) in [6.45, 7) is 22.7. The van der Waals surface area contributed by atoms with Gasteiger partial charge in [0.1, 0.15) is 48.5 Å². The predicted molar refractivity (Wildman–Crippen MR) is 423 cm³/mol. The number of nitrogens with one attached hydrogen (secondary N) is 5. The van der Waals surface area contributed by atoms with Gasteiger partial charge in [0.15, 0.2) is 18.9 Å². The van der Waals surface area contributed by atoms with E-state index >= 15 is 0 Å². The predicted octanol–water partition coefficient (Wildman–Crippen LogP) is 9.38. The maximum atomic E-state index is 14.0. The van der Waals surface area contributed by atoms with Crippen LogP contribution in [0.5, 0.6) is 0 Å². The Bertz CT molecular complexity index is 2930. The van der Waals surface area contributed by atoms with E-state index in [-0.39, 0.29) is 211 Å². The van der Waals surface area contributed by atoms with Gasteiger partial charge in [-0.3, -0.25) is 57.5 Å². The summed E-state index contributed by atoms with van der Waals surface area (Å²) in [5, 5.41) is 14.7. The average Bonchev–Trinajstić information content (AvgIpc) is 0.815. The molecule has 0 radical (unpaired) electrons. The van der Waals surface area contributed by atoms with Crippen LogP contribution in [0.4, 0.5) is 0 Å². The monoisotopic (exact) mass is 1610 g/mol. The molecule has 3 aliphatic rings. The zero-order valence-electron chi connectivity index (χ0n) is 70.4. The van der Waals surface area contributed by atoms with Crippen molar-refractivity contribution in [2.75, 3.05) is 92.4 Å². The lowest BCUT2D eigenvalue weighted by Gasteiger charge is -2.44. The van der Waals surface area contributed by atoms with Crippen molar-refractivity contribution in [1.29, 1.82) is 0 Å². The van der Waals surface area contributed by atoms with Crippen molar-refractivity contribution >= 4 is 70.6 Å². The van der Waals surface area contributed by atoms with Crippen LogP contribution in [-0.4, -0.2) is 218 Å². The van der Waals surface area contributed by atoms with E-state index in [1.54, 1.807) is 0 Å². The number of amides is 5. The molecule has 3 heterocycles. The van der Waals surface area contributed by atoms with Crippen molar-refractivity contribution < 1.29 is 114 Å². The summed E-state index contributed by atoms with van der Waals surface area (Å²) in [4.78, 5) is 151. The molecule has 4 rings (SSSR count). The number of ether oxygens (including phenoxy) is 12. The minimum absolute atomic E-state index is 0.0184. The number of benzene rings is 1. The SMILES string of the molecule is CC(=O)NC1[C@H](OCCCCC(=O)CCCCCC(=O)CCOCC(COCCC(=O)CCCCCC(=O)CCCCO[C@@H]2OC(COC(C)=O)[C@H](C)[C@H](C)C2C)(COCCC(=O)NCCCNC(=O)CCCCO[C@@H]2OC(COC(C)=O)[C@H](C)[C@H](C)C2NC(C)=O)NC(=O)CCc2ccccc2)OC(COC(C)=O)[C@H](C)[C@@H]1C. The minimum atomic E-state index is -1.32. The topological polar surface area (TPSA) is 376 Å². The lowest BCUT2D eigenvalue weighted by molar-refractivity contribution is -0.255. The smallest absolute Gasteiger partial charge is 0.302 e. The first-order valence-electron chi connectivity index (χ1n) is 41.9. The summed E-state index contributed by atoms with van der Waals surface area (Å²) >= 11 is 0. The number of esters is 3. The fourth-order valence-electron chi connectivity index (χ4n) is 14.1. The van der Waals surface area contributed by atoms with Crippen LogP contribution in [0.3, 0.4) is 0 Å². The number of hydrogen-bond donors (Lipinski definition) is 5. The quantitative estimate of drug-likeness (QED) is 0.0230. The Morgan fingerprint density at radius 3 is 1.11 bits per heavy atom. The summed E-state index contributed by atoms with van der Waals surface area (Å²) in [5.41, 5.74) is -0.366. The molecule has 7 unspecified atom stereocenters. The molecule has 3 fully saturated rings. The second-order valence-corrected chi connectivity index (χ2v) is 31.5. The minimum Gasteiger partial charge on any atom is -0.463 e. The van der Waals surface area contributed by atoms with Gasteiger partial charge < -0.3 is 83.4 Å². The van der Waals surface area contributed by atoms with Crippen LogP contribution < -0.4 is 26.6 Å². The average molecular weight is 1620 g/mol. The largest absolute Gasteiger partial charge is 0.463 e. The Morgan fingerprint density at radius 1 is 0.351 bits per heavy atom. The van der Waals surface area contributed by atoms with Crippen molar-refractivity contribution in [3.63, 3.8) is 0 Å². The molecule has 5 N–H and O–H groups in total. The van der Waals surface area contributed by atoms with E-state index in [1.165, 1.54) is 34.6 Å². The Labute approximate surface area is 676 Å². The highest BCUT2D eigenvalue weighted by molar-refractivity contribution is 5.80. The van der Waals surface area contributed by atoms with Crippen molar-refractivity contribution in [3.8, 4) is 0 Å². The molecule has 1 aromatic rings. The Kier molecular flexibility index (Phi) is 49.5. The van der Waals surface area contributed by atoms with Crippen molar-refractivity contribution in [2.24, 2.45) is 41.4 Å². The number of Topliss-reactive ketones (excluding diaryl/α,β-unsaturated/α-hetero) is 4. The lowest BCUT2D eigenvalue weighted by atomic mass is 9.79. The Balaban J connectivity index is 1.25. The molecule has 0 aliphatic carbocycles. The third-order valence-electron chi connectivity index (χ3n) is 22.0. The van der Waals surface area contributed by atoms with Crippen LogP contribution in [0.15, 0.2) is 30.3 Å². The number of unbranched alkanes of at least 4 members (excludes halogenated alkanes) is 7. The molecule has 3 aliphatic heterocycles. The van der Waals surface area contributed by atoms with Crippen molar-refractivity contribution in [1.82, 2.24) is 26.6 Å². The molecule has 3 saturated heterocycles. The van der Waals surface area contributed by atoms with Gasteiger partial charge in [-0.1, -0.05) is 91.6 Å². The molecular formula is C85H139N5O24. The van der Waals surface area contributed by atoms with Gasteiger partial charge in [-0.05, 0) is 118 Å². The van der Waals surface area contributed by atoms with Gasteiger partial charge >= 0.3 is 17.9 Å². The Morgan fingerprint density at radius 2 is 0.702 bits per heavy atom. The van der Waals surface area contributed by atoms with E-state index in [0.29, 0.717) is 148 Å². The van der Waals surface area contributed by atoms with Gasteiger partial charge in [0, 0.05) is 144 Å². The molecule has 0 aromatic heterocycles. The van der Waals surface area contributed by atoms with Gasteiger partial charge in [-0.15, -0.1) is 0 Å². The lowest BCUT2D eigenvalue weighted by Crippen LogP contribution is -2.58. The zero-order chi connectivity index (χ0) is 83.8. The summed E-state index contributed by atoms with van der Waals surface area (Å²) in [7, 11) is 0. The fraction of sp³-hybridized carbons (Fsp3) is 0.788. The number of ketones is 4. The highest BCUT2D eigenvalue weighted by Gasteiger charge is 2.45. The second kappa shape index (κ2) is 56.6. The molecular weight excluding hydrogens is 1470 g/mol. The third-order valence-corrected chi connectivity index (χ3v) is 22.0. The molecule has 16 atom stereocenters. The zero-order valence-corrected chi connectivity index (χ0v) is 70.4. The summed E-state index contributed by atoms with van der Waals surface area (Å²) < 4.78 is 71.1. The number of hydrogen-bond acceptors (Lipinski definition) is 24. The van der Waals surface area contributed by atoms with Gasteiger partial charge in [0.25, 0.3) is 0 Å². The fourth-order valence-corrected chi connectivity index (χ4v) is 14.1. The standard InChI is InChI=1S/C85H139N5O24/c1-57-58(2)74(51-109-66(10)93)112-82(63(57)7)106-45-25-22-35-70(96)31-18-14-20-33-72(98)40-48-103-54-85(90-79(102)39-38-69-29-16-13-17-30-69,55-104-49-41-73(99)34-21-15-19-32-71(97)36-23-26-46-107-83-80(88-64(8)91)61(5)59(3)75(113-83)52-110-67(11)94)56-105-50-42-78(101)87-44-28-43-86-77(100)37-24-27-47-108-84-81(89-65(9)92)62(6)60(4)76(114-84)53-111-68(12)95/h13,16-17,29-30,57-63,74-76,80-84H,14-15,18-28,31-56H2,1-12H3,(H,86,100)(H,87,101)(H,88,91)(H,89,92)(H,90,102)/t57-,58+,59+,60+,61-,62-,63?,74?,75?,76?,80?,81?,82+,83+,84+,85?/m0/s1. The van der Waals surface area contributed by atoms with Gasteiger partial charge in [0.2, 0.25) is 29.5 Å². The Hall–Kier alpha value is -6.70. The summed E-state index contributed by atoms with van der Waals surface area (Å²) in [6, 6.07) is 8.71. The first-order valence-corrected chi connectivity index (χ1v) is 41.9. The van der Waals surface area contributed by atoms with Gasteiger partial charge in [-0.25, -0.2) is 0 Å². The highest BCUT2D eigenvalue weighted by Crippen LogP contribution is 2.37. The van der Waals surface area contributed by atoms with Crippen LogP contribution in [0.2, 0.25) is 0 Å². The molecule has 0 saturated carbocycles.